The molecule has 0 spiro atoms. The molecule has 2 N–H and O–H groups in total. The third kappa shape index (κ3) is 2.60. The fourth-order valence-corrected chi connectivity index (χ4v) is 3.02. The van der Waals surface area contributed by atoms with Gasteiger partial charge in [-0.2, -0.15) is 5.10 Å². The second-order valence-electron chi connectivity index (χ2n) is 5.35. The lowest BCUT2D eigenvalue weighted by molar-refractivity contribution is 0.0638. The average molecular weight is 264 g/mol. The summed E-state index contributed by atoms with van der Waals surface area (Å²) in [6.07, 6.45) is 5.94. The van der Waals surface area contributed by atoms with E-state index in [9.17, 15) is 4.79 Å². The van der Waals surface area contributed by atoms with Crippen molar-refractivity contribution in [2.75, 3.05) is 12.3 Å². The van der Waals surface area contributed by atoms with Crippen LogP contribution in [0.2, 0.25) is 0 Å². The van der Waals surface area contributed by atoms with Gasteiger partial charge in [-0.05, 0) is 26.7 Å². The molecule has 0 radical (unpaired) electrons. The molecule has 1 aliphatic carbocycles. The lowest BCUT2D eigenvalue weighted by Crippen LogP contribution is -2.42. The van der Waals surface area contributed by atoms with Crippen molar-refractivity contribution in [1.82, 2.24) is 14.7 Å². The Bertz CT molecular complexity index is 460. The number of amides is 1. The first-order valence-corrected chi connectivity index (χ1v) is 7.16. The number of anilines is 1. The number of nitrogen functional groups attached to an aromatic ring is 1. The van der Waals surface area contributed by atoms with Crippen LogP contribution in [0.1, 0.15) is 55.2 Å². The third-order valence-electron chi connectivity index (χ3n) is 4.09. The lowest BCUT2D eigenvalue weighted by atomic mass is 9.94. The molecule has 2 rings (SSSR count). The van der Waals surface area contributed by atoms with Gasteiger partial charge < -0.3 is 10.6 Å². The Labute approximate surface area is 114 Å². The molecule has 0 saturated heterocycles. The Morgan fingerprint density at radius 2 is 2.05 bits per heavy atom. The minimum absolute atomic E-state index is 0.0231. The van der Waals surface area contributed by atoms with Crippen molar-refractivity contribution in [3.05, 3.63) is 11.4 Å². The Morgan fingerprint density at radius 1 is 1.42 bits per heavy atom. The van der Waals surface area contributed by atoms with Gasteiger partial charge in [-0.3, -0.25) is 9.48 Å². The smallest absolute Gasteiger partial charge is 0.274 e. The molecule has 0 bridgehead atoms. The van der Waals surface area contributed by atoms with Crippen molar-refractivity contribution in [1.29, 1.82) is 0 Å². The largest absolute Gasteiger partial charge is 0.395 e. The van der Waals surface area contributed by atoms with E-state index in [1.807, 2.05) is 18.7 Å². The van der Waals surface area contributed by atoms with Crippen LogP contribution in [0.15, 0.2) is 0 Å². The first kappa shape index (κ1) is 13.9. The topological polar surface area (TPSA) is 64.2 Å². The maximum absolute atomic E-state index is 12.7. The van der Waals surface area contributed by atoms with Crippen LogP contribution in [-0.4, -0.2) is 33.2 Å². The quantitative estimate of drug-likeness (QED) is 0.909. The van der Waals surface area contributed by atoms with E-state index in [1.165, 1.54) is 19.3 Å². The van der Waals surface area contributed by atoms with Gasteiger partial charge in [0.1, 0.15) is 5.69 Å². The minimum Gasteiger partial charge on any atom is -0.395 e. The standard InChI is InChI=1S/C14H24N4O/c1-4-18(11-8-6-5-7-9-11)14(19)13-12(15)10(2)16-17(13)3/h11H,4-9,15H2,1-3H3. The zero-order valence-corrected chi connectivity index (χ0v) is 12.1. The molecule has 1 aliphatic rings. The summed E-state index contributed by atoms with van der Waals surface area (Å²) in [6, 6.07) is 0.362. The van der Waals surface area contributed by atoms with Crippen LogP contribution in [-0.2, 0) is 7.05 Å². The molecule has 19 heavy (non-hydrogen) atoms. The van der Waals surface area contributed by atoms with Crippen molar-refractivity contribution in [3.63, 3.8) is 0 Å². The van der Waals surface area contributed by atoms with E-state index >= 15 is 0 Å². The number of nitrogens with two attached hydrogens (primary N) is 1. The third-order valence-corrected chi connectivity index (χ3v) is 4.09. The van der Waals surface area contributed by atoms with Gasteiger partial charge in [-0.1, -0.05) is 19.3 Å². The summed E-state index contributed by atoms with van der Waals surface area (Å²) < 4.78 is 1.61. The fraction of sp³-hybridized carbons (Fsp3) is 0.714. The molecule has 1 aromatic heterocycles. The highest BCUT2D eigenvalue weighted by Gasteiger charge is 2.28. The number of rotatable bonds is 3. The normalized spacial score (nSPS) is 16.6. The van der Waals surface area contributed by atoms with Gasteiger partial charge in [0.25, 0.3) is 5.91 Å². The van der Waals surface area contributed by atoms with Crippen molar-refractivity contribution in [3.8, 4) is 0 Å². The number of aryl methyl sites for hydroxylation is 2. The molecule has 0 unspecified atom stereocenters. The summed E-state index contributed by atoms with van der Waals surface area (Å²) in [5.74, 6) is 0.0231. The minimum atomic E-state index is 0.0231. The van der Waals surface area contributed by atoms with Gasteiger partial charge in [0, 0.05) is 19.6 Å². The van der Waals surface area contributed by atoms with E-state index in [2.05, 4.69) is 5.10 Å². The van der Waals surface area contributed by atoms with Gasteiger partial charge >= 0.3 is 0 Å². The van der Waals surface area contributed by atoms with Gasteiger partial charge in [-0.15, -0.1) is 0 Å². The highest BCUT2D eigenvalue weighted by molar-refractivity contribution is 5.98. The summed E-state index contributed by atoms with van der Waals surface area (Å²) in [4.78, 5) is 14.7. The molecule has 0 aromatic carbocycles. The SMILES string of the molecule is CCN(C(=O)c1c(N)c(C)nn1C)C1CCCCC1. The second-order valence-corrected chi connectivity index (χ2v) is 5.35. The van der Waals surface area contributed by atoms with Gasteiger partial charge in [0.15, 0.2) is 0 Å². The molecular formula is C14H24N4O. The lowest BCUT2D eigenvalue weighted by Gasteiger charge is -2.33. The van der Waals surface area contributed by atoms with Crippen molar-refractivity contribution in [2.45, 2.75) is 52.0 Å². The monoisotopic (exact) mass is 264 g/mol. The zero-order valence-electron chi connectivity index (χ0n) is 12.1. The first-order chi connectivity index (χ1) is 9.06. The maximum Gasteiger partial charge on any atom is 0.274 e. The Kier molecular flexibility index (Phi) is 4.12. The van der Waals surface area contributed by atoms with Gasteiger partial charge in [-0.25, -0.2) is 0 Å². The molecule has 0 atom stereocenters. The predicted molar refractivity (Wildman–Crippen MR) is 75.9 cm³/mol. The molecule has 1 heterocycles. The van der Waals surface area contributed by atoms with Crippen LogP contribution in [0, 0.1) is 6.92 Å². The zero-order chi connectivity index (χ0) is 14.0. The Morgan fingerprint density at radius 3 is 2.53 bits per heavy atom. The number of hydrogen-bond acceptors (Lipinski definition) is 3. The van der Waals surface area contributed by atoms with Crippen LogP contribution in [0.4, 0.5) is 5.69 Å². The summed E-state index contributed by atoms with van der Waals surface area (Å²) in [5, 5.41) is 4.24. The highest BCUT2D eigenvalue weighted by Crippen LogP contribution is 2.25. The van der Waals surface area contributed by atoms with E-state index in [4.69, 9.17) is 5.73 Å². The van der Waals surface area contributed by atoms with Crippen LogP contribution >= 0.6 is 0 Å². The van der Waals surface area contributed by atoms with E-state index in [1.54, 1.807) is 11.7 Å². The van der Waals surface area contributed by atoms with E-state index in [-0.39, 0.29) is 5.91 Å². The molecule has 0 aliphatic heterocycles. The van der Waals surface area contributed by atoms with Crippen LogP contribution in [0.3, 0.4) is 0 Å². The Balaban J connectivity index is 2.24. The number of carbonyl (C=O) groups excluding carboxylic acids is 1. The highest BCUT2D eigenvalue weighted by atomic mass is 16.2. The van der Waals surface area contributed by atoms with Crippen molar-refractivity contribution >= 4 is 11.6 Å². The van der Waals surface area contributed by atoms with Crippen molar-refractivity contribution in [2.24, 2.45) is 7.05 Å². The first-order valence-electron chi connectivity index (χ1n) is 7.16. The van der Waals surface area contributed by atoms with Gasteiger partial charge in [0.2, 0.25) is 0 Å². The molecule has 5 nitrogen and oxygen atoms in total. The molecule has 1 saturated carbocycles. The maximum atomic E-state index is 12.7. The summed E-state index contributed by atoms with van der Waals surface area (Å²) in [6.45, 7) is 4.60. The van der Waals surface area contributed by atoms with Crippen LogP contribution < -0.4 is 5.73 Å². The number of nitrogens with zero attached hydrogens (tertiary/aromatic N) is 3. The average Bonchev–Trinajstić information content (AvgIpc) is 2.65. The van der Waals surface area contributed by atoms with Crippen LogP contribution in [0.5, 0.6) is 0 Å². The molecule has 5 heteroatoms. The van der Waals surface area contributed by atoms with E-state index in [0.717, 1.165) is 25.1 Å². The molecule has 106 valence electrons. The van der Waals surface area contributed by atoms with E-state index in [0.29, 0.717) is 17.4 Å². The number of aromatic nitrogens is 2. The van der Waals surface area contributed by atoms with Crippen molar-refractivity contribution < 1.29 is 4.79 Å². The Hall–Kier alpha value is -1.52. The molecule has 1 fully saturated rings. The van der Waals surface area contributed by atoms with Crippen LogP contribution in [0.25, 0.3) is 0 Å². The second kappa shape index (κ2) is 5.63. The molecule has 1 amide bonds. The summed E-state index contributed by atoms with van der Waals surface area (Å²) >= 11 is 0. The fourth-order valence-electron chi connectivity index (χ4n) is 3.02. The summed E-state index contributed by atoms with van der Waals surface area (Å²) in [7, 11) is 1.78. The van der Waals surface area contributed by atoms with Gasteiger partial charge in [0.05, 0.1) is 11.4 Å². The summed E-state index contributed by atoms with van der Waals surface area (Å²) in [5.41, 5.74) is 7.77. The number of hydrogen-bond donors (Lipinski definition) is 1. The van der Waals surface area contributed by atoms with E-state index < -0.39 is 0 Å². The number of carbonyl (C=O) groups is 1. The molecule has 1 aromatic rings. The predicted octanol–water partition coefficient (Wildman–Crippen LogP) is 2.11. The molecular weight excluding hydrogens is 240 g/mol.